The smallest absolute Gasteiger partial charge is 0.410 e. The molecule has 30 heavy (non-hydrogen) atoms. The van der Waals surface area contributed by atoms with Crippen molar-refractivity contribution in [2.24, 2.45) is 4.99 Å². The number of pyridine rings is 1. The standard InChI is InChI=1S/C21H35ClN6O2/c1-15(27(6)20(29)30-21(2,3)4)9-12-25-19(23-5)26-16-10-13-28(14-16)18-17(22)8-7-11-24-18/h7-8,11,15-16H,9-10,12-14H2,1-6H3,(H2,23,25,26). The molecule has 9 heteroatoms. The fourth-order valence-corrected chi connectivity index (χ4v) is 3.42. The monoisotopic (exact) mass is 438 g/mol. The number of guanidine groups is 1. The lowest BCUT2D eigenvalue weighted by atomic mass is 10.2. The van der Waals surface area contributed by atoms with Crippen molar-refractivity contribution in [1.29, 1.82) is 0 Å². The summed E-state index contributed by atoms with van der Waals surface area (Å²) in [6.45, 7) is 10.0. The van der Waals surface area contributed by atoms with Gasteiger partial charge in [-0.15, -0.1) is 0 Å². The molecular formula is C21H35ClN6O2. The van der Waals surface area contributed by atoms with E-state index < -0.39 is 5.60 Å². The molecule has 0 saturated carbocycles. The van der Waals surface area contributed by atoms with Gasteiger partial charge in [-0.05, 0) is 52.7 Å². The second-order valence-corrected chi connectivity index (χ2v) is 9.02. The molecular weight excluding hydrogens is 404 g/mol. The lowest BCUT2D eigenvalue weighted by Crippen LogP contribution is -2.46. The number of hydrogen-bond acceptors (Lipinski definition) is 5. The average molecular weight is 439 g/mol. The number of aromatic nitrogens is 1. The largest absolute Gasteiger partial charge is 0.444 e. The van der Waals surface area contributed by atoms with E-state index in [1.54, 1.807) is 25.2 Å². The molecule has 1 aliphatic rings. The molecule has 0 aromatic carbocycles. The fraction of sp³-hybridized carbons (Fsp3) is 0.667. The predicted octanol–water partition coefficient (Wildman–Crippen LogP) is 3.12. The number of carbonyl (C=O) groups excluding carboxylic acids is 1. The molecule has 0 spiro atoms. The molecule has 1 aromatic rings. The highest BCUT2D eigenvalue weighted by Gasteiger charge is 2.26. The topological polar surface area (TPSA) is 82.1 Å². The molecule has 1 aromatic heterocycles. The van der Waals surface area contributed by atoms with Gasteiger partial charge in [-0.25, -0.2) is 9.78 Å². The first-order valence-corrected chi connectivity index (χ1v) is 10.8. The zero-order chi connectivity index (χ0) is 22.3. The third kappa shape index (κ3) is 7.23. The van der Waals surface area contributed by atoms with Crippen LogP contribution in [0.4, 0.5) is 10.6 Å². The van der Waals surface area contributed by atoms with Gasteiger partial charge in [0, 0.05) is 52.0 Å². The molecule has 168 valence electrons. The van der Waals surface area contributed by atoms with E-state index in [-0.39, 0.29) is 18.2 Å². The van der Waals surface area contributed by atoms with Crippen LogP contribution >= 0.6 is 11.6 Å². The Balaban J connectivity index is 1.76. The van der Waals surface area contributed by atoms with Crippen LogP contribution in [0.15, 0.2) is 23.3 Å². The van der Waals surface area contributed by atoms with E-state index >= 15 is 0 Å². The third-order valence-electron chi connectivity index (χ3n) is 4.99. The molecule has 1 aliphatic heterocycles. The van der Waals surface area contributed by atoms with Gasteiger partial charge in [0.1, 0.15) is 11.4 Å². The third-order valence-corrected chi connectivity index (χ3v) is 5.28. The summed E-state index contributed by atoms with van der Waals surface area (Å²) in [5, 5.41) is 7.47. The van der Waals surface area contributed by atoms with Crippen molar-refractivity contribution in [3.63, 3.8) is 0 Å². The summed E-state index contributed by atoms with van der Waals surface area (Å²) in [6.07, 6.45) is 3.21. The molecule has 2 heterocycles. The summed E-state index contributed by atoms with van der Waals surface area (Å²) in [6, 6.07) is 4.00. The number of hydrogen-bond donors (Lipinski definition) is 2. The predicted molar refractivity (Wildman–Crippen MR) is 122 cm³/mol. The van der Waals surface area contributed by atoms with Gasteiger partial charge in [-0.3, -0.25) is 4.99 Å². The Labute approximate surface area is 185 Å². The average Bonchev–Trinajstić information content (AvgIpc) is 3.13. The van der Waals surface area contributed by atoms with Gasteiger partial charge in [0.15, 0.2) is 5.96 Å². The van der Waals surface area contributed by atoms with Gasteiger partial charge in [0.05, 0.1) is 5.02 Å². The highest BCUT2D eigenvalue weighted by atomic mass is 35.5. The van der Waals surface area contributed by atoms with E-state index in [1.165, 1.54) is 0 Å². The number of ether oxygens (including phenoxy) is 1. The van der Waals surface area contributed by atoms with Crippen LogP contribution in [0.2, 0.25) is 5.02 Å². The molecule has 2 unspecified atom stereocenters. The molecule has 1 saturated heterocycles. The fourth-order valence-electron chi connectivity index (χ4n) is 3.18. The second-order valence-electron chi connectivity index (χ2n) is 8.61. The van der Waals surface area contributed by atoms with Crippen molar-refractivity contribution in [2.45, 2.75) is 58.2 Å². The molecule has 0 bridgehead atoms. The number of nitrogens with zero attached hydrogens (tertiary/aromatic N) is 4. The minimum absolute atomic E-state index is 0.0405. The highest BCUT2D eigenvalue weighted by molar-refractivity contribution is 6.32. The maximum absolute atomic E-state index is 12.2. The molecule has 0 aliphatic carbocycles. The van der Waals surface area contributed by atoms with E-state index in [4.69, 9.17) is 16.3 Å². The highest BCUT2D eigenvalue weighted by Crippen LogP contribution is 2.25. The second kappa shape index (κ2) is 10.7. The van der Waals surface area contributed by atoms with Gasteiger partial charge in [-0.1, -0.05) is 11.6 Å². The van der Waals surface area contributed by atoms with Gasteiger partial charge < -0.3 is 25.2 Å². The number of nitrogens with one attached hydrogen (secondary N) is 2. The van der Waals surface area contributed by atoms with E-state index in [9.17, 15) is 4.79 Å². The van der Waals surface area contributed by atoms with Crippen molar-refractivity contribution in [3.8, 4) is 0 Å². The summed E-state index contributed by atoms with van der Waals surface area (Å²) < 4.78 is 5.42. The lowest BCUT2D eigenvalue weighted by Gasteiger charge is -2.29. The van der Waals surface area contributed by atoms with Gasteiger partial charge in [0.2, 0.25) is 0 Å². The zero-order valence-corrected chi connectivity index (χ0v) is 19.7. The van der Waals surface area contributed by atoms with E-state index in [1.807, 2.05) is 39.8 Å². The minimum atomic E-state index is -0.496. The van der Waals surface area contributed by atoms with Crippen LogP contribution in [0.5, 0.6) is 0 Å². The molecule has 2 N–H and O–H groups in total. The summed E-state index contributed by atoms with van der Waals surface area (Å²) in [5.74, 6) is 1.58. The minimum Gasteiger partial charge on any atom is -0.444 e. The van der Waals surface area contributed by atoms with Crippen LogP contribution in [0, 0.1) is 0 Å². The molecule has 8 nitrogen and oxygen atoms in total. The van der Waals surface area contributed by atoms with E-state index in [0.717, 1.165) is 37.7 Å². The van der Waals surface area contributed by atoms with Crippen LogP contribution in [0.3, 0.4) is 0 Å². The molecule has 2 atom stereocenters. The maximum atomic E-state index is 12.2. The van der Waals surface area contributed by atoms with E-state index in [0.29, 0.717) is 11.6 Å². The Kier molecular flexibility index (Phi) is 8.58. The van der Waals surface area contributed by atoms with Crippen molar-refractivity contribution in [1.82, 2.24) is 20.5 Å². The Morgan fingerprint density at radius 2 is 2.23 bits per heavy atom. The van der Waals surface area contributed by atoms with E-state index in [2.05, 4.69) is 25.5 Å². The first-order valence-electron chi connectivity index (χ1n) is 10.4. The van der Waals surface area contributed by atoms with Crippen LogP contribution in [0.25, 0.3) is 0 Å². The van der Waals surface area contributed by atoms with Gasteiger partial charge in [0.25, 0.3) is 0 Å². The molecule has 2 rings (SSSR count). The van der Waals surface area contributed by atoms with Crippen molar-refractivity contribution < 1.29 is 9.53 Å². The molecule has 1 fully saturated rings. The number of halogens is 1. The summed E-state index contributed by atoms with van der Waals surface area (Å²) in [5.41, 5.74) is -0.496. The summed E-state index contributed by atoms with van der Waals surface area (Å²) in [7, 11) is 3.52. The van der Waals surface area contributed by atoms with Crippen molar-refractivity contribution in [2.75, 3.05) is 38.6 Å². The van der Waals surface area contributed by atoms with Gasteiger partial charge >= 0.3 is 6.09 Å². The Morgan fingerprint density at radius 3 is 2.87 bits per heavy atom. The number of carbonyl (C=O) groups is 1. The van der Waals surface area contributed by atoms with Crippen LogP contribution < -0.4 is 15.5 Å². The van der Waals surface area contributed by atoms with Crippen LogP contribution in [0.1, 0.15) is 40.5 Å². The quantitative estimate of drug-likeness (QED) is 0.524. The molecule has 0 radical (unpaired) electrons. The normalized spacial score (nSPS) is 18.2. The van der Waals surface area contributed by atoms with Crippen LogP contribution in [-0.2, 0) is 4.74 Å². The number of anilines is 1. The Bertz CT molecular complexity index is 736. The van der Waals surface area contributed by atoms with Crippen molar-refractivity contribution in [3.05, 3.63) is 23.4 Å². The van der Waals surface area contributed by atoms with Crippen LogP contribution in [-0.4, -0.2) is 73.4 Å². The SMILES string of the molecule is CN=C(NCCC(C)N(C)C(=O)OC(C)(C)C)NC1CCN(c2ncccc2Cl)C1. The number of aliphatic imine (C=N–C) groups is 1. The Hall–Kier alpha value is -2.22. The maximum Gasteiger partial charge on any atom is 0.410 e. The Morgan fingerprint density at radius 1 is 1.50 bits per heavy atom. The zero-order valence-electron chi connectivity index (χ0n) is 18.9. The van der Waals surface area contributed by atoms with Crippen molar-refractivity contribution >= 4 is 29.5 Å². The molecule has 1 amide bonds. The number of rotatable bonds is 6. The summed E-state index contributed by atoms with van der Waals surface area (Å²) >= 11 is 6.27. The number of amides is 1. The first-order chi connectivity index (χ1) is 14.1. The first kappa shape index (κ1) is 24.1. The lowest BCUT2D eigenvalue weighted by molar-refractivity contribution is 0.0230. The van der Waals surface area contributed by atoms with Gasteiger partial charge in [-0.2, -0.15) is 0 Å². The summed E-state index contributed by atoms with van der Waals surface area (Å²) in [4.78, 5) is 24.7.